The second-order valence-electron chi connectivity index (χ2n) is 6.86. The number of hydrogen-bond acceptors (Lipinski definition) is 3. The Labute approximate surface area is 121 Å². The summed E-state index contributed by atoms with van der Waals surface area (Å²) in [4.78, 5) is 10.8. The van der Waals surface area contributed by atoms with Crippen molar-refractivity contribution in [1.82, 2.24) is 0 Å². The van der Waals surface area contributed by atoms with Gasteiger partial charge in [-0.3, -0.25) is 4.79 Å². The Kier molecular flexibility index (Phi) is 3.35. The van der Waals surface area contributed by atoms with E-state index in [1.807, 2.05) is 6.92 Å². The molecule has 0 aromatic heterocycles. The quantitative estimate of drug-likeness (QED) is 0.789. The molecule has 0 saturated carbocycles. The van der Waals surface area contributed by atoms with Gasteiger partial charge in [0.05, 0.1) is 7.11 Å². The van der Waals surface area contributed by atoms with Crippen LogP contribution in [0.2, 0.25) is 0 Å². The Balaban J connectivity index is 2.84. The highest BCUT2D eigenvalue weighted by Crippen LogP contribution is 2.58. The molecule has 20 heavy (non-hydrogen) atoms. The van der Waals surface area contributed by atoms with Crippen LogP contribution < -0.4 is 9.47 Å². The molecule has 0 spiro atoms. The minimum absolute atomic E-state index is 0.0289. The van der Waals surface area contributed by atoms with E-state index in [1.54, 1.807) is 7.11 Å². The number of hydrogen-bond donors (Lipinski definition) is 0. The van der Waals surface area contributed by atoms with Gasteiger partial charge in [0, 0.05) is 5.56 Å². The van der Waals surface area contributed by atoms with E-state index in [2.05, 4.69) is 40.7 Å². The number of methoxy groups -OCH3 is 1. The van der Waals surface area contributed by atoms with Crippen molar-refractivity contribution in [2.75, 3.05) is 7.11 Å². The van der Waals surface area contributed by atoms with Gasteiger partial charge in [0.1, 0.15) is 0 Å². The topological polar surface area (TPSA) is 35.5 Å². The maximum Gasteiger partial charge on any atom is 0.298 e. The summed E-state index contributed by atoms with van der Waals surface area (Å²) in [5.41, 5.74) is 3.43. The fraction of sp³-hybridized carbons (Fsp3) is 0.588. The van der Waals surface area contributed by atoms with E-state index in [1.165, 1.54) is 11.1 Å². The van der Waals surface area contributed by atoms with Crippen molar-refractivity contribution >= 4 is 6.47 Å². The highest BCUT2D eigenvalue weighted by molar-refractivity contribution is 5.65. The smallest absolute Gasteiger partial charge is 0.298 e. The molecule has 0 amide bonds. The number of carbonyl (C=O) groups is 1. The summed E-state index contributed by atoms with van der Waals surface area (Å²) < 4.78 is 10.8. The average Bonchev–Trinajstić information content (AvgIpc) is 2.50. The zero-order chi connectivity index (χ0) is 15.3. The van der Waals surface area contributed by atoms with Gasteiger partial charge in [-0.15, -0.1) is 0 Å². The van der Waals surface area contributed by atoms with Crippen LogP contribution in [0, 0.1) is 12.8 Å². The van der Waals surface area contributed by atoms with E-state index in [0.717, 1.165) is 5.56 Å². The van der Waals surface area contributed by atoms with Gasteiger partial charge in [0.15, 0.2) is 11.5 Å². The third-order valence-electron chi connectivity index (χ3n) is 5.30. The van der Waals surface area contributed by atoms with Gasteiger partial charge in [-0.1, -0.05) is 40.7 Å². The zero-order valence-electron chi connectivity index (χ0n) is 13.5. The summed E-state index contributed by atoms with van der Waals surface area (Å²) in [5.74, 6) is 1.71. The van der Waals surface area contributed by atoms with Crippen molar-refractivity contribution in [1.29, 1.82) is 0 Å². The minimum Gasteiger partial charge on any atom is -0.493 e. The molecule has 1 atom stereocenters. The minimum atomic E-state index is -0.0289. The number of benzene rings is 1. The third kappa shape index (κ3) is 1.75. The lowest BCUT2D eigenvalue weighted by molar-refractivity contribution is -0.120. The molecule has 1 aliphatic carbocycles. The maximum atomic E-state index is 10.8. The first-order valence-corrected chi connectivity index (χ1v) is 7.02. The zero-order valence-corrected chi connectivity index (χ0v) is 13.5. The summed E-state index contributed by atoms with van der Waals surface area (Å²) in [7, 11) is 1.64. The first-order valence-electron chi connectivity index (χ1n) is 7.02. The molecule has 1 aromatic carbocycles. The molecular formula is C17H24O3. The van der Waals surface area contributed by atoms with Crippen molar-refractivity contribution < 1.29 is 14.3 Å². The van der Waals surface area contributed by atoms with Crippen molar-refractivity contribution in [3.8, 4) is 11.5 Å². The number of fused-ring (bicyclic) bond motifs is 1. The van der Waals surface area contributed by atoms with Crippen LogP contribution in [0.5, 0.6) is 11.5 Å². The van der Waals surface area contributed by atoms with Crippen LogP contribution in [-0.2, 0) is 15.6 Å². The molecule has 0 bridgehead atoms. The number of rotatable bonds is 3. The third-order valence-corrected chi connectivity index (χ3v) is 5.30. The van der Waals surface area contributed by atoms with E-state index in [-0.39, 0.29) is 10.8 Å². The molecule has 1 aromatic rings. The average molecular weight is 276 g/mol. The van der Waals surface area contributed by atoms with Crippen molar-refractivity contribution in [3.63, 3.8) is 0 Å². The van der Waals surface area contributed by atoms with Crippen LogP contribution >= 0.6 is 0 Å². The molecule has 2 rings (SSSR count). The van der Waals surface area contributed by atoms with Crippen molar-refractivity contribution in [3.05, 3.63) is 22.8 Å². The molecule has 0 fully saturated rings. The molecule has 3 heteroatoms. The molecule has 1 aliphatic rings. The second-order valence-corrected chi connectivity index (χ2v) is 6.86. The highest BCUT2D eigenvalue weighted by atomic mass is 16.5. The Bertz CT molecular complexity index is 556. The Morgan fingerprint density at radius 1 is 1.15 bits per heavy atom. The van der Waals surface area contributed by atoms with Crippen LogP contribution in [-0.4, -0.2) is 13.6 Å². The van der Waals surface area contributed by atoms with Gasteiger partial charge in [-0.2, -0.15) is 0 Å². The first kappa shape index (κ1) is 14.9. The molecule has 0 radical (unpaired) electrons. The van der Waals surface area contributed by atoms with Gasteiger partial charge in [-0.05, 0) is 34.8 Å². The van der Waals surface area contributed by atoms with Crippen molar-refractivity contribution in [2.24, 2.45) is 5.92 Å². The van der Waals surface area contributed by atoms with Gasteiger partial charge < -0.3 is 9.47 Å². The maximum absolute atomic E-state index is 10.8. The van der Waals surface area contributed by atoms with Crippen LogP contribution in [0.25, 0.3) is 0 Å². The highest BCUT2D eigenvalue weighted by Gasteiger charge is 2.51. The van der Waals surface area contributed by atoms with E-state index in [9.17, 15) is 4.79 Å². The number of ether oxygens (including phenoxy) is 2. The fourth-order valence-corrected chi connectivity index (χ4v) is 3.66. The standard InChI is InChI=1S/C17H24O3/c1-10-8-12-13(15(19-7)14(10)20-9-18)17(5,6)11(2)16(12,3)4/h8-9,11H,1-7H3. The van der Waals surface area contributed by atoms with Crippen molar-refractivity contribution in [2.45, 2.75) is 52.4 Å². The summed E-state index contributed by atoms with van der Waals surface area (Å²) in [6, 6.07) is 2.14. The van der Waals surface area contributed by atoms with Crippen LogP contribution in [0.4, 0.5) is 0 Å². The normalized spacial score (nSPS) is 22.2. The molecular weight excluding hydrogens is 252 g/mol. The van der Waals surface area contributed by atoms with E-state index >= 15 is 0 Å². The lowest BCUT2D eigenvalue weighted by atomic mass is 9.71. The molecule has 0 heterocycles. The van der Waals surface area contributed by atoms with E-state index in [0.29, 0.717) is 23.9 Å². The monoisotopic (exact) mass is 276 g/mol. The van der Waals surface area contributed by atoms with E-state index < -0.39 is 0 Å². The molecule has 0 saturated heterocycles. The van der Waals surface area contributed by atoms with Gasteiger partial charge in [-0.25, -0.2) is 0 Å². The molecule has 0 aliphatic heterocycles. The van der Waals surface area contributed by atoms with Gasteiger partial charge in [0.2, 0.25) is 0 Å². The lowest BCUT2D eigenvalue weighted by Crippen LogP contribution is -2.31. The Hall–Kier alpha value is -1.51. The van der Waals surface area contributed by atoms with Gasteiger partial charge in [0.25, 0.3) is 6.47 Å². The number of carbonyl (C=O) groups excluding carboxylic acids is 1. The van der Waals surface area contributed by atoms with Crippen LogP contribution in [0.1, 0.15) is 51.3 Å². The SMILES string of the molecule is COc1c(OC=O)c(C)cc2c1C(C)(C)C(C)C2(C)C. The fourth-order valence-electron chi connectivity index (χ4n) is 3.66. The summed E-state index contributed by atoms with van der Waals surface area (Å²) in [6.07, 6.45) is 0. The van der Waals surface area contributed by atoms with Gasteiger partial charge >= 0.3 is 0 Å². The first-order chi connectivity index (χ1) is 9.19. The second kappa shape index (κ2) is 4.51. The summed E-state index contributed by atoms with van der Waals surface area (Å²) in [6.45, 7) is 13.7. The van der Waals surface area contributed by atoms with Crippen LogP contribution in [0.15, 0.2) is 6.07 Å². The Morgan fingerprint density at radius 2 is 1.75 bits per heavy atom. The summed E-state index contributed by atoms with van der Waals surface area (Å²) >= 11 is 0. The molecule has 3 nitrogen and oxygen atoms in total. The largest absolute Gasteiger partial charge is 0.493 e. The molecule has 1 unspecified atom stereocenters. The lowest BCUT2D eigenvalue weighted by Gasteiger charge is -2.32. The predicted molar refractivity (Wildman–Crippen MR) is 79.6 cm³/mol. The number of aryl methyl sites for hydroxylation is 1. The van der Waals surface area contributed by atoms with Crippen LogP contribution in [0.3, 0.4) is 0 Å². The molecule has 0 N–H and O–H groups in total. The van der Waals surface area contributed by atoms with E-state index in [4.69, 9.17) is 9.47 Å². The summed E-state index contributed by atoms with van der Waals surface area (Å²) in [5, 5.41) is 0. The predicted octanol–water partition coefficient (Wildman–Crippen LogP) is 3.74. The Morgan fingerprint density at radius 3 is 2.25 bits per heavy atom. The molecule has 110 valence electrons.